The van der Waals surface area contributed by atoms with Gasteiger partial charge < -0.3 is 10.1 Å². The average Bonchev–Trinajstić information content (AvgIpc) is 2.25. The molecule has 1 fully saturated rings. The lowest BCUT2D eigenvalue weighted by molar-refractivity contribution is -0.137. The van der Waals surface area contributed by atoms with Crippen LogP contribution in [0.15, 0.2) is 18.2 Å². The van der Waals surface area contributed by atoms with Gasteiger partial charge in [-0.15, -0.1) is 0 Å². The molecule has 0 radical (unpaired) electrons. The Morgan fingerprint density at radius 1 is 1.30 bits per heavy atom. The SMILES string of the molecule is CC1(C)CC(Nc2cc(Cl)cc(C(F)(F)F)c2)CCO1. The van der Waals surface area contributed by atoms with Gasteiger partial charge in [-0.25, -0.2) is 0 Å². The number of alkyl halides is 3. The maximum absolute atomic E-state index is 12.7. The molecule has 2 nitrogen and oxygen atoms in total. The Hall–Kier alpha value is -0.940. The smallest absolute Gasteiger partial charge is 0.382 e. The third-order valence-electron chi connectivity index (χ3n) is 3.29. The second-order valence-corrected chi connectivity index (χ2v) is 6.10. The molecule has 20 heavy (non-hydrogen) atoms. The van der Waals surface area contributed by atoms with Crippen LogP contribution >= 0.6 is 11.6 Å². The Kier molecular flexibility index (Phi) is 4.21. The molecular formula is C14H17ClF3NO. The van der Waals surface area contributed by atoms with Crippen molar-refractivity contribution in [2.45, 2.75) is 44.5 Å². The maximum Gasteiger partial charge on any atom is 0.416 e. The number of ether oxygens (including phenoxy) is 1. The first-order chi connectivity index (χ1) is 9.16. The number of hydrogen-bond acceptors (Lipinski definition) is 2. The molecule has 1 heterocycles. The summed E-state index contributed by atoms with van der Waals surface area (Å²) < 4.78 is 43.8. The molecule has 1 aromatic carbocycles. The molecule has 0 amide bonds. The van der Waals surface area contributed by atoms with E-state index in [2.05, 4.69) is 5.32 Å². The standard InChI is InChI=1S/C14H17ClF3NO/c1-13(2)8-11(3-4-20-13)19-12-6-9(14(16,17)18)5-10(15)7-12/h5-7,11,19H,3-4,8H2,1-2H3. The van der Waals surface area contributed by atoms with Gasteiger partial charge in [-0.3, -0.25) is 0 Å². The van der Waals surface area contributed by atoms with Crippen LogP contribution in [0, 0.1) is 0 Å². The minimum atomic E-state index is -4.39. The summed E-state index contributed by atoms with van der Waals surface area (Å²) in [5.41, 5.74) is -0.604. The molecule has 0 aromatic heterocycles. The van der Waals surface area contributed by atoms with Crippen LogP contribution in [-0.4, -0.2) is 18.2 Å². The van der Waals surface area contributed by atoms with Crippen molar-refractivity contribution in [3.8, 4) is 0 Å². The van der Waals surface area contributed by atoms with Crippen molar-refractivity contribution in [1.82, 2.24) is 0 Å². The maximum atomic E-state index is 12.7. The topological polar surface area (TPSA) is 21.3 Å². The largest absolute Gasteiger partial charge is 0.416 e. The van der Waals surface area contributed by atoms with E-state index in [0.29, 0.717) is 12.3 Å². The summed E-state index contributed by atoms with van der Waals surface area (Å²) in [5.74, 6) is 0. The molecule has 1 N–H and O–H groups in total. The highest BCUT2D eigenvalue weighted by Gasteiger charge is 2.32. The molecule has 1 aliphatic heterocycles. The number of benzene rings is 1. The first-order valence-corrected chi connectivity index (χ1v) is 6.82. The van der Waals surface area contributed by atoms with Crippen LogP contribution in [-0.2, 0) is 10.9 Å². The van der Waals surface area contributed by atoms with E-state index < -0.39 is 11.7 Å². The Balaban J connectivity index is 2.15. The van der Waals surface area contributed by atoms with Gasteiger partial charge in [0.15, 0.2) is 0 Å². The lowest BCUT2D eigenvalue weighted by Crippen LogP contribution is -2.40. The Bertz CT molecular complexity index is 488. The normalized spacial score (nSPS) is 22.6. The molecule has 0 spiro atoms. The molecule has 112 valence electrons. The summed E-state index contributed by atoms with van der Waals surface area (Å²) in [6.45, 7) is 4.54. The second-order valence-electron chi connectivity index (χ2n) is 5.67. The lowest BCUT2D eigenvalue weighted by Gasteiger charge is -2.36. The van der Waals surface area contributed by atoms with Crippen LogP contribution in [0.5, 0.6) is 0 Å². The number of hydrogen-bond donors (Lipinski definition) is 1. The summed E-state index contributed by atoms with van der Waals surface area (Å²) in [6, 6.07) is 3.62. The van der Waals surface area contributed by atoms with Crippen LogP contribution in [0.4, 0.5) is 18.9 Å². The van der Waals surface area contributed by atoms with Crippen molar-refractivity contribution in [2.75, 3.05) is 11.9 Å². The highest BCUT2D eigenvalue weighted by atomic mass is 35.5. The highest BCUT2D eigenvalue weighted by molar-refractivity contribution is 6.30. The molecule has 6 heteroatoms. The fourth-order valence-electron chi connectivity index (χ4n) is 2.43. The van der Waals surface area contributed by atoms with Crippen LogP contribution in [0.1, 0.15) is 32.3 Å². The van der Waals surface area contributed by atoms with Crippen molar-refractivity contribution in [3.05, 3.63) is 28.8 Å². The van der Waals surface area contributed by atoms with Gasteiger partial charge in [0.1, 0.15) is 0 Å². The molecule has 0 bridgehead atoms. The molecule has 1 saturated heterocycles. The van der Waals surface area contributed by atoms with Gasteiger partial charge in [-0.2, -0.15) is 13.2 Å². The molecule has 0 aliphatic carbocycles. The van der Waals surface area contributed by atoms with Crippen molar-refractivity contribution in [2.24, 2.45) is 0 Å². The summed E-state index contributed by atoms with van der Waals surface area (Å²) in [4.78, 5) is 0. The number of halogens is 4. The summed E-state index contributed by atoms with van der Waals surface area (Å²) in [6.07, 6.45) is -2.89. The van der Waals surface area contributed by atoms with E-state index in [1.165, 1.54) is 6.07 Å². The fraction of sp³-hybridized carbons (Fsp3) is 0.571. The first kappa shape index (κ1) is 15.4. The monoisotopic (exact) mass is 307 g/mol. The highest BCUT2D eigenvalue weighted by Crippen LogP contribution is 2.34. The Labute approximate surface area is 121 Å². The summed E-state index contributed by atoms with van der Waals surface area (Å²) in [5, 5.41) is 3.20. The molecule has 2 rings (SSSR count). The number of anilines is 1. The van der Waals surface area contributed by atoms with Gasteiger partial charge in [0.25, 0.3) is 0 Å². The predicted octanol–water partition coefficient (Wildman–Crippen LogP) is 4.73. The minimum Gasteiger partial charge on any atom is -0.382 e. The van der Waals surface area contributed by atoms with E-state index >= 15 is 0 Å². The quantitative estimate of drug-likeness (QED) is 0.853. The van der Waals surface area contributed by atoms with E-state index in [0.717, 1.165) is 25.0 Å². The molecule has 1 unspecified atom stereocenters. The molecule has 1 aromatic rings. The van der Waals surface area contributed by atoms with Crippen molar-refractivity contribution in [1.29, 1.82) is 0 Å². The van der Waals surface area contributed by atoms with E-state index in [-0.39, 0.29) is 16.7 Å². The van der Waals surface area contributed by atoms with E-state index in [1.54, 1.807) is 0 Å². The summed E-state index contributed by atoms with van der Waals surface area (Å²) >= 11 is 5.77. The van der Waals surface area contributed by atoms with Gasteiger partial charge in [-0.1, -0.05) is 11.6 Å². The zero-order valence-electron chi connectivity index (χ0n) is 11.4. The molecule has 1 atom stereocenters. The summed E-state index contributed by atoms with van der Waals surface area (Å²) in [7, 11) is 0. The molecule has 1 aliphatic rings. The predicted molar refractivity (Wildman–Crippen MR) is 73.1 cm³/mol. The second kappa shape index (κ2) is 5.45. The molecular weight excluding hydrogens is 291 g/mol. The van der Waals surface area contributed by atoms with Gasteiger partial charge in [0, 0.05) is 23.4 Å². The molecule has 0 saturated carbocycles. The Morgan fingerprint density at radius 2 is 2.00 bits per heavy atom. The Morgan fingerprint density at radius 3 is 2.60 bits per heavy atom. The fourth-order valence-corrected chi connectivity index (χ4v) is 2.66. The van der Waals surface area contributed by atoms with E-state index in [9.17, 15) is 13.2 Å². The van der Waals surface area contributed by atoms with Crippen molar-refractivity contribution < 1.29 is 17.9 Å². The minimum absolute atomic E-state index is 0.0774. The van der Waals surface area contributed by atoms with Crippen LogP contribution < -0.4 is 5.32 Å². The number of nitrogens with one attached hydrogen (secondary N) is 1. The van der Waals surface area contributed by atoms with Crippen LogP contribution in [0.2, 0.25) is 5.02 Å². The van der Waals surface area contributed by atoms with Crippen molar-refractivity contribution >= 4 is 17.3 Å². The van der Waals surface area contributed by atoms with Gasteiger partial charge in [0.2, 0.25) is 0 Å². The van der Waals surface area contributed by atoms with E-state index in [4.69, 9.17) is 16.3 Å². The lowest BCUT2D eigenvalue weighted by atomic mass is 9.93. The van der Waals surface area contributed by atoms with Gasteiger partial charge in [-0.05, 0) is 44.9 Å². The van der Waals surface area contributed by atoms with Gasteiger partial charge in [0.05, 0.1) is 11.2 Å². The van der Waals surface area contributed by atoms with Crippen LogP contribution in [0.3, 0.4) is 0 Å². The number of rotatable bonds is 2. The average molecular weight is 308 g/mol. The third kappa shape index (κ3) is 4.03. The van der Waals surface area contributed by atoms with E-state index in [1.807, 2.05) is 13.8 Å². The van der Waals surface area contributed by atoms with Crippen molar-refractivity contribution in [3.63, 3.8) is 0 Å². The van der Waals surface area contributed by atoms with Gasteiger partial charge >= 0.3 is 6.18 Å². The van der Waals surface area contributed by atoms with Crippen LogP contribution in [0.25, 0.3) is 0 Å². The zero-order valence-corrected chi connectivity index (χ0v) is 12.1. The third-order valence-corrected chi connectivity index (χ3v) is 3.51. The zero-order chi connectivity index (χ0) is 15.0. The first-order valence-electron chi connectivity index (χ1n) is 6.44.